The first-order valence-electron chi connectivity index (χ1n) is 7.29. The minimum absolute atomic E-state index is 0. The van der Waals surface area contributed by atoms with E-state index in [0.29, 0.717) is 30.1 Å². The average Bonchev–Trinajstić information content (AvgIpc) is 2.79. The molecule has 1 saturated heterocycles. The van der Waals surface area contributed by atoms with Crippen molar-refractivity contribution in [1.82, 2.24) is 4.31 Å². The maximum absolute atomic E-state index is 12.3. The first kappa shape index (κ1) is 15.5. The van der Waals surface area contributed by atoms with E-state index >= 15 is 0 Å². The van der Waals surface area contributed by atoms with Crippen LogP contribution >= 0.6 is 12.4 Å². The molecule has 0 aromatic heterocycles. The monoisotopic (exact) mass is 308 g/mol. The molecule has 0 bridgehead atoms. The van der Waals surface area contributed by atoms with Crippen LogP contribution in [0, 0.1) is 17.8 Å². The fraction of sp³-hybridized carbons (Fsp3) is 1.00. The van der Waals surface area contributed by atoms with Gasteiger partial charge in [-0.3, -0.25) is 0 Å². The lowest BCUT2D eigenvalue weighted by atomic mass is 9.84. The van der Waals surface area contributed by atoms with Crippen LogP contribution in [0.3, 0.4) is 0 Å². The summed E-state index contributed by atoms with van der Waals surface area (Å²) in [5.74, 6) is 1.97. The maximum Gasteiger partial charge on any atom is 0.214 e. The summed E-state index contributed by atoms with van der Waals surface area (Å²) in [7, 11) is -3.02. The molecular formula is C13H25ClN2O2S. The van der Waals surface area contributed by atoms with Crippen LogP contribution in [-0.4, -0.2) is 37.6 Å². The molecule has 2 N–H and O–H groups in total. The highest BCUT2D eigenvalue weighted by Gasteiger charge is 2.44. The second kappa shape index (κ2) is 5.88. The lowest BCUT2D eigenvalue weighted by Crippen LogP contribution is -2.35. The van der Waals surface area contributed by atoms with E-state index in [0.717, 1.165) is 25.8 Å². The summed E-state index contributed by atoms with van der Waals surface area (Å²) in [5, 5.41) is 0. The summed E-state index contributed by atoms with van der Waals surface area (Å²) in [4.78, 5) is 0. The van der Waals surface area contributed by atoms with Gasteiger partial charge in [0.1, 0.15) is 0 Å². The van der Waals surface area contributed by atoms with Gasteiger partial charge in [-0.15, -0.1) is 12.4 Å². The number of sulfonamides is 1. The van der Waals surface area contributed by atoms with Crippen molar-refractivity contribution < 1.29 is 8.42 Å². The first-order chi connectivity index (χ1) is 8.56. The zero-order valence-electron chi connectivity index (χ0n) is 11.3. The molecule has 2 saturated carbocycles. The molecule has 1 aliphatic heterocycles. The maximum atomic E-state index is 12.3. The molecule has 6 heteroatoms. The van der Waals surface area contributed by atoms with E-state index in [-0.39, 0.29) is 18.4 Å². The molecule has 1 heterocycles. The minimum atomic E-state index is -3.02. The number of fused-ring (bicyclic) bond motifs is 1. The second-order valence-corrected chi connectivity index (χ2v) is 8.47. The van der Waals surface area contributed by atoms with Gasteiger partial charge in [-0.25, -0.2) is 12.7 Å². The number of halogens is 1. The molecule has 3 atom stereocenters. The van der Waals surface area contributed by atoms with Crippen molar-refractivity contribution in [2.75, 3.05) is 18.8 Å². The third kappa shape index (κ3) is 3.09. The predicted octanol–water partition coefficient (Wildman–Crippen LogP) is 1.60. The molecule has 3 aliphatic rings. The first-order valence-corrected chi connectivity index (χ1v) is 8.90. The molecule has 3 rings (SSSR count). The van der Waals surface area contributed by atoms with Crippen LogP contribution in [0.5, 0.6) is 0 Å². The molecule has 0 aromatic carbocycles. The van der Waals surface area contributed by atoms with Gasteiger partial charge in [0.05, 0.1) is 5.75 Å². The quantitative estimate of drug-likeness (QED) is 0.858. The van der Waals surface area contributed by atoms with Crippen molar-refractivity contribution in [1.29, 1.82) is 0 Å². The standard InChI is InChI=1S/C13H24N2O2S.ClH/c14-13-5-4-11-8-15(9-12(11)13)18(16,17)7-6-10-2-1-3-10;/h10-13H,1-9,14H2;1H. The Balaban J connectivity index is 0.00000133. The Hall–Kier alpha value is 0.160. The Labute approximate surface area is 122 Å². The molecule has 0 aromatic rings. The van der Waals surface area contributed by atoms with Gasteiger partial charge in [0, 0.05) is 19.1 Å². The normalized spacial score (nSPS) is 35.7. The van der Waals surface area contributed by atoms with Gasteiger partial charge in [-0.1, -0.05) is 19.3 Å². The Morgan fingerprint density at radius 1 is 1.11 bits per heavy atom. The molecule has 0 radical (unpaired) electrons. The van der Waals surface area contributed by atoms with Gasteiger partial charge in [-0.05, 0) is 37.0 Å². The second-order valence-electron chi connectivity index (χ2n) is 6.38. The number of nitrogens with two attached hydrogens (primary N) is 1. The number of hydrogen-bond donors (Lipinski definition) is 1. The molecule has 3 fully saturated rings. The highest BCUT2D eigenvalue weighted by Crippen LogP contribution is 2.38. The van der Waals surface area contributed by atoms with Crippen LogP contribution in [0.15, 0.2) is 0 Å². The van der Waals surface area contributed by atoms with Crippen molar-refractivity contribution in [3.63, 3.8) is 0 Å². The van der Waals surface area contributed by atoms with E-state index in [9.17, 15) is 8.42 Å². The molecule has 4 nitrogen and oxygen atoms in total. The van der Waals surface area contributed by atoms with Crippen LogP contribution in [0.25, 0.3) is 0 Å². The van der Waals surface area contributed by atoms with Crippen molar-refractivity contribution >= 4 is 22.4 Å². The lowest BCUT2D eigenvalue weighted by molar-refractivity contribution is 0.305. The zero-order valence-corrected chi connectivity index (χ0v) is 13.0. The van der Waals surface area contributed by atoms with Crippen molar-refractivity contribution in [3.8, 4) is 0 Å². The third-order valence-corrected chi connectivity index (χ3v) is 7.12. The average molecular weight is 309 g/mol. The number of rotatable bonds is 4. The van der Waals surface area contributed by atoms with E-state index < -0.39 is 10.0 Å². The Morgan fingerprint density at radius 2 is 1.84 bits per heavy atom. The van der Waals surface area contributed by atoms with Gasteiger partial charge in [0.25, 0.3) is 0 Å². The summed E-state index contributed by atoms with van der Waals surface area (Å²) >= 11 is 0. The summed E-state index contributed by atoms with van der Waals surface area (Å²) in [6, 6.07) is 0.224. The lowest BCUT2D eigenvalue weighted by Gasteiger charge is -2.26. The van der Waals surface area contributed by atoms with E-state index in [1.165, 1.54) is 19.3 Å². The van der Waals surface area contributed by atoms with Crippen LogP contribution in [0.4, 0.5) is 0 Å². The summed E-state index contributed by atoms with van der Waals surface area (Å²) in [6.07, 6.45) is 6.79. The molecule has 112 valence electrons. The van der Waals surface area contributed by atoms with Gasteiger partial charge < -0.3 is 5.73 Å². The fourth-order valence-corrected chi connectivity index (χ4v) is 5.43. The largest absolute Gasteiger partial charge is 0.327 e. The SMILES string of the molecule is Cl.NC1CCC2CN(S(=O)(=O)CCC3CCC3)CC12. The molecule has 0 spiro atoms. The topological polar surface area (TPSA) is 63.4 Å². The number of nitrogens with zero attached hydrogens (tertiary/aromatic N) is 1. The van der Waals surface area contributed by atoms with Crippen molar-refractivity contribution in [3.05, 3.63) is 0 Å². The van der Waals surface area contributed by atoms with Gasteiger partial charge in [-0.2, -0.15) is 0 Å². The van der Waals surface area contributed by atoms with Crippen LogP contribution in [-0.2, 0) is 10.0 Å². The van der Waals surface area contributed by atoms with E-state index in [1.807, 2.05) is 0 Å². The molecular weight excluding hydrogens is 284 g/mol. The molecule has 2 aliphatic carbocycles. The highest BCUT2D eigenvalue weighted by molar-refractivity contribution is 7.89. The summed E-state index contributed by atoms with van der Waals surface area (Å²) in [5.41, 5.74) is 6.06. The van der Waals surface area contributed by atoms with Crippen molar-refractivity contribution in [2.45, 2.75) is 44.6 Å². The van der Waals surface area contributed by atoms with E-state index in [1.54, 1.807) is 4.31 Å². The Kier molecular flexibility index (Phi) is 4.81. The van der Waals surface area contributed by atoms with E-state index in [2.05, 4.69) is 0 Å². The minimum Gasteiger partial charge on any atom is -0.327 e. The molecule has 19 heavy (non-hydrogen) atoms. The van der Waals surface area contributed by atoms with Crippen LogP contribution in [0.2, 0.25) is 0 Å². The van der Waals surface area contributed by atoms with Crippen LogP contribution in [0.1, 0.15) is 38.5 Å². The molecule has 0 amide bonds. The molecule has 3 unspecified atom stereocenters. The van der Waals surface area contributed by atoms with Crippen LogP contribution < -0.4 is 5.73 Å². The smallest absolute Gasteiger partial charge is 0.214 e. The van der Waals surface area contributed by atoms with Gasteiger partial charge in [0.15, 0.2) is 0 Å². The van der Waals surface area contributed by atoms with Gasteiger partial charge in [0.2, 0.25) is 10.0 Å². The summed E-state index contributed by atoms with van der Waals surface area (Å²) < 4.78 is 26.3. The third-order valence-electron chi connectivity index (χ3n) is 5.28. The Morgan fingerprint density at radius 3 is 2.42 bits per heavy atom. The highest BCUT2D eigenvalue weighted by atomic mass is 35.5. The predicted molar refractivity (Wildman–Crippen MR) is 78.8 cm³/mol. The Bertz CT molecular complexity index is 411. The van der Waals surface area contributed by atoms with Gasteiger partial charge >= 0.3 is 0 Å². The zero-order chi connectivity index (χ0) is 12.8. The van der Waals surface area contributed by atoms with E-state index in [4.69, 9.17) is 5.73 Å². The summed E-state index contributed by atoms with van der Waals surface area (Å²) in [6.45, 7) is 1.41. The number of hydrogen-bond acceptors (Lipinski definition) is 3. The fourth-order valence-electron chi connectivity index (χ4n) is 3.72. The van der Waals surface area contributed by atoms with Crippen molar-refractivity contribution in [2.24, 2.45) is 23.5 Å².